The third-order valence-corrected chi connectivity index (χ3v) is 1.95. The largest absolute Gasteiger partial charge is 0.493 e. The number of aldehydes is 1. The highest BCUT2D eigenvalue weighted by Gasteiger charge is 2.22. The molecule has 0 saturated carbocycles. The fourth-order valence-corrected chi connectivity index (χ4v) is 1.24. The SMILES string of the molecule is COc1cc(C=O)cc([N+](=O)[O-])c1OCC(=O)O. The normalized spacial score (nSPS) is 9.61. The fraction of sp³-hybridized carbons (Fsp3) is 0.200. The fourth-order valence-electron chi connectivity index (χ4n) is 1.24. The van der Waals surface area contributed by atoms with Gasteiger partial charge in [-0.15, -0.1) is 0 Å². The van der Waals surface area contributed by atoms with E-state index in [1.807, 2.05) is 0 Å². The van der Waals surface area contributed by atoms with E-state index in [0.29, 0.717) is 6.29 Å². The average molecular weight is 255 g/mol. The maximum Gasteiger partial charge on any atom is 0.341 e. The van der Waals surface area contributed by atoms with Gasteiger partial charge in [-0.1, -0.05) is 0 Å². The first-order valence-corrected chi connectivity index (χ1v) is 4.65. The maximum atomic E-state index is 10.8. The lowest BCUT2D eigenvalue weighted by Crippen LogP contribution is -2.11. The minimum atomic E-state index is -1.29. The molecule has 8 nitrogen and oxygen atoms in total. The number of nitro benzene ring substituents is 1. The summed E-state index contributed by atoms with van der Waals surface area (Å²) in [4.78, 5) is 31.0. The van der Waals surface area contributed by atoms with Crippen molar-refractivity contribution in [2.45, 2.75) is 0 Å². The van der Waals surface area contributed by atoms with Crippen LogP contribution >= 0.6 is 0 Å². The Labute approximate surface area is 101 Å². The molecule has 18 heavy (non-hydrogen) atoms. The molecule has 0 radical (unpaired) electrons. The highest BCUT2D eigenvalue weighted by Crippen LogP contribution is 2.37. The second kappa shape index (κ2) is 5.62. The van der Waals surface area contributed by atoms with Crippen LogP contribution in [0.3, 0.4) is 0 Å². The van der Waals surface area contributed by atoms with E-state index >= 15 is 0 Å². The number of carboxylic acids is 1. The predicted octanol–water partition coefficient (Wildman–Crippen LogP) is 0.879. The molecule has 0 aromatic heterocycles. The van der Waals surface area contributed by atoms with Gasteiger partial charge in [0.05, 0.1) is 12.0 Å². The molecule has 0 unspecified atom stereocenters. The number of hydrogen-bond donors (Lipinski definition) is 1. The van der Waals surface area contributed by atoms with Crippen molar-refractivity contribution in [1.82, 2.24) is 0 Å². The lowest BCUT2D eigenvalue weighted by molar-refractivity contribution is -0.385. The predicted molar refractivity (Wildman–Crippen MR) is 58.2 cm³/mol. The number of carbonyl (C=O) groups excluding carboxylic acids is 1. The van der Waals surface area contributed by atoms with E-state index in [-0.39, 0.29) is 17.1 Å². The minimum Gasteiger partial charge on any atom is -0.493 e. The molecular weight excluding hydrogens is 246 g/mol. The molecule has 0 saturated heterocycles. The van der Waals surface area contributed by atoms with Gasteiger partial charge in [0.15, 0.2) is 12.4 Å². The molecule has 0 bridgehead atoms. The molecule has 0 atom stereocenters. The number of carbonyl (C=O) groups is 2. The molecule has 0 aliphatic carbocycles. The zero-order valence-corrected chi connectivity index (χ0v) is 9.28. The Morgan fingerprint density at radius 3 is 2.67 bits per heavy atom. The summed E-state index contributed by atoms with van der Waals surface area (Å²) in [5.41, 5.74) is -0.501. The molecule has 1 rings (SSSR count). The zero-order chi connectivity index (χ0) is 13.7. The van der Waals surface area contributed by atoms with Crippen LogP contribution in [0.25, 0.3) is 0 Å². The minimum absolute atomic E-state index is 0.0289. The Balaban J connectivity index is 3.29. The smallest absolute Gasteiger partial charge is 0.341 e. The van der Waals surface area contributed by atoms with E-state index in [2.05, 4.69) is 0 Å². The summed E-state index contributed by atoms with van der Waals surface area (Å²) in [5, 5.41) is 19.3. The van der Waals surface area contributed by atoms with Crippen molar-refractivity contribution in [3.05, 3.63) is 27.8 Å². The number of benzene rings is 1. The Morgan fingerprint density at radius 1 is 1.56 bits per heavy atom. The van der Waals surface area contributed by atoms with E-state index in [0.717, 1.165) is 6.07 Å². The Bertz CT molecular complexity index is 497. The van der Waals surface area contributed by atoms with Crippen molar-refractivity contribution in [3.8, 4) is 11.5 Å². The van der Waals surface area contributed by atoms with Gasteiger partial charge in [-0.3, -0.25) is 14.9 Å². The summed E-state index contributed by atoms with van der Waals surface area (Å²) in [6.07, 6.45) is 0.413. The summed E-state index contributed by atoms with van der Waals surface area (Å²) in [6, 6.07) is 2.20. The first-order chi connectivity index (χ1) is 8.49. The van der Waals surface area contributed by atoms with Gasteiger partial charge in [-0.05, 0) is 6.07 Å². The van der Waals surface area contributed by atoms with E-state index in [1.165, 1.54) is 13.2 Å². The van der Waals surface area contributed by atoms with Gasteiger partial charge in [-0.2, -0.15) is 0 Å². The average Bonchev–Trinajstić information content (AvgIpc) is 2.34. The summed E-state index contributed by atoms with van der Waals surface area (Å²) >= 11 is 0. The lowest BCUT2D eigenvalue weighted by atomic mass is 10.2. The third-order valence-electron chi connectivity index (χ3n) is 1.95. The topological polar surface area (TPSA) is 116 Å². The molecule has 0 aliphatic rings. The number of carboxylic acid groups (broad SMARTS) is 1. The second-order valence-corrected chi connectivity index (χ2v) is 3.13. The van der Waals surface area contributed by atoms with Gasteiger partial charge >= 0.3 is 11.7 Å². The standard InChI is InChI=1S/C10H9NO7/c1-17-8-3-6(4-12)2-7(11(15)16)10(8)18-5-9(13)14/h2-4H,5H2,1H3,(H,13,14). The van der Waals surface area contributed by atoms with E-state index in [9.17, 15) is 19.7 Å². The van der Waals surface area contributed by atoms with Gasteiger partial charge < -0.3 is 14.6 Å². The van der Waals surface area contributed by atoms with E-state index in [1.54, 1.807) is 0 Å². The van der Waals surface area contributed by atoms with Crippen LogP contribution in [0.15, 0.2) is 12.1 Å². The van der Waals surface area contributed by atoms with Crippen LogP contribution < -0.4 is 9.47 Å². The molecule has 0 aliphatic heterocycles. The third kappa shape index (κ3) is 2.94. The number of nitro groups is 1. The number of methoxy groups -OCH3 is 1. The van der Waals surface area contributed by atoms with Crippen molar-refractivity contribution in [2.75, 3.05) is 13.7 Å². The van der Waals surface area contributed by atoms with Crippen LogP contribution in [0.2, 0.25) is 0 Å². The van der Waals surface area contributed by atoms with E-state index < -0.39 is 23.2 Å². The van der Waals surface area contributed by atoms with Crippen LogP contribution in [-0.2, 0) is 4.79 Å². The molecule has 1 N–H and O–H groups in total. The number of nitrogens with zero attached hydrogens (tertiary/aromatic N) is 1. The van der Waals surface area contributed by atoms with Crippen LogP contribution in [0, 0.1) is 10.1 Å². The molecule has 8 heteroatoms. The number of aliphatic carboxylic acids is 1. The van der Waals surface area contributed by atoms with Crippen molar-refractivity contribution in [2.24, 2.45) is 0 Å². The Morgan fingerprint density at radius 2 is 2.22 bits per heavy atom. The Hall–Kier alpha value is -2.64. The molecule has 0 amide bonds. The van der Waals surface area contributed by atoms with Gasteiger partial charge in [-0.25, -0.2) is 4.79 Å². The second-order valence-electron chi connectivity index (χ2n) is 3.13. The van der Waals surface area contributed by atoms with Gasteiger partial charge in [0.25, 0.3) is 0 Å². The highest BCUT2D eigenvalue weighted by molar-refractivity contribution is 5.79. The highest BCUT2D eigenvalue weighted by atomic mass is 16.6. The van der Waals surface area contributed by atoms with Crippen LogP contribution in [0.4, 0.5) is 5.69 Å². The summed E-state index contributed by atoms with van der Waals surface area (Å²) in [7, 11) is 1.22. The zero-order valence-electron chi connectivity index (χ0n) is 9.28. The molecule has 1 aromatic carbocycles. The first kappa shape index (κ1) is 13.4. The molecule has 0 heterocycles. The summed E-state index contributed by atoms with van der Waals surface area (Å²) in [5.74, 6) is -1.69. The monoisotopic (exact) mass is 255 g/mol. The van der Waals surface area contributed by atoms with Crippen molar-refractivity contribution in [3.63, 3.8) is 0 Å². The van der Waals surface area contributed by atoms with Crippen molar-refractivity contribution < 1.29 is 29.1 Å². The van der Waals surface area contributed by atoms with Crippen molar-refractivity contribution in [1.29, 1.82) is 0 Å². The number of hydrogen-bond acceptors (Lipinski definition) is 6. The molecular formula is C10H9NO7. The summed E-state index contributed by atoms with van der Waals surface area (Å²) < 4.78 is 9.63. The number of ether oxygens (including phenoxy) is 2. The maximum absolute atomic E-state index is 10.8. The number of rotatable bonds is 6. The summed E-state index contributed by atoms with van der Waals surface area (Å²) in [6.45, 7) is -0.752. The van der Waals surface area contributed by atoms with Gasteiger partial charge in [0.2, 0.25) is 5.75 Å². The quantitative estimate of drug-likeness (QED) is 0.455. The molecule has 0 fully saturated rings. The van der Waals surface area contributed by atoms with Gasteiger partial charge in [0.1, 0.15) is 6.29 Å². The van der Waals surface area contributed by atoms with Crippen LogP contribution in [-0.4, -0.2) is 36.0 Å². The Kier molecular flexibility index (Phi) is 4.19. The van der Waals surface area contributed by atoms with Crippen LogP contribution in [0.5, 0.6) is 11.5 Å². The first-order valence-electron chi connectivity index (χ1n) is 4.65. The van der Waals surface area contributed by atoms with Crippen molar-refractivity contribution >= 4 is 17.9 Å². The van der Waals surface area contributed by atoms with E-state index in [4.69, 9.17) is 14.6 Å². The van der Waals surface area contributed by atoms with Gasteiger partial charge in [0, 0.05) is 11.6 Å². The lowest BCUT2D eigenvalue weighted by Gasteiger charge is -2.09. The molecule has 0 spiro atoms. The molecule has 96 valence electrons. The molecule has 1 aromatic rings. The van der Waals surface area contributed by atoms with Crippen LogP contribution in [0.1, 0.15) is 10.4 Å².